The van der Waals surface area contributed by atoms with E-state index in [1.807, 2.05) is 0 Å². The average Bonchev–Trinajstić information content (AvgIpc) is 2.71. The lowest BCUT2D eigenvalue weighted by molar-refractivity contribution is -0.852. The van der Waals surface area contributed by atoms with E-state index in [0.29, 0.717) is 0 Å². The first kappa shape index (κ1) is 24.2. The minimum Gasteiger partial charge on any atom is -0.594 e. The van der Waals surface area contributed by atoms with E-state index < -0.39 is 65.4 Å². The lowest BCUT2D eigenvalue weighted by Crippen LogP contribution is -2.73. The molecule has 0 heterocycles. The number of nitrogens with zero attached hydrogens (tertiary/aromatic N) is 6. The highest BCUT2D eigenvalue weighted by Crippen LogP contribution is 2.52. The van der Waals surface area contributed by atoms with Crippen LogP contribution in [0.15, 0.2) is 47.2 Å². The van der Waals surface area contributed by atoms with Crippen molar-refractivity contribution in [3.8, 4) is 0 Å². The van der Waals surface area contributed by atoms with Crippen LogP contribution >= 0.6 is 0 Å². The lowest BCUT2D eigenvalue weighted by Gasteiger charge is -2.33. The van der Waals surface area contributed by atoms with Crippen molar-refractivity contribution in [2.24, 2.45) is 10.5 Å². The van der Waals surface area contributed by atoms with Crippen LogP contribution in [0.5, 0.6) is 0 Å². The fourth-order valence-electron chi connectivity index (χ4n) is 3.35. The van der Waals surface area contributed by atoms with E-state index in [0.717, 1.165) is 12.1 Å². The van der Waals surface area contributed by atoms with Gasteiger partial charge in [0.05, 0.1) is 0 Å². The molecular weight excluding hydrogens is 460 g/mol. The second-order valence-electron chi connectivity index (χ2n) is 6.50. The molecule has 19 nitrogen and oxygen atoms in total. The zero-order chi connectivity index (χ0) is 25.4. The van der Waals surface area contributed by atoms with Crippen molar-refractivity contribution in [2.75, 3.05) is 0 Å². The van der Waals surface area contributed by atoms with Gasteiger partial charge in [0, 0.05) is 5.11 Å². The van der Waals surface area contributed by atoms with Crippen LogP contribution in [-0.4, -0.2) is 58.0 Å². The SMILES string of the molecule is O=C(O)C1(C(=O)O)C([N+]([O-])=Nc2ccccc2)=CC([N+](=O)[O-])([N+](=O)[O-])CC1([N+](=O)[O-])[N+](=O)[O-]. The molecule has 2 N–H and O–H groups in total. The molecule has 1 aromatic carbocycles. The summed E-state index contributed by atoms with van der Waals surface area (Å²) in [6, 6.07) is 6.14. The van der Waals surface area contributed by atoms with Gasteiger partial charge in [0.15, 0.2) is 0 Å². The fourth-order valence-corrected chi connectivity index (χ4v) is 3.35. The third kappa shape index (κ3) is 3.14. The summed E-state index contributed by atoms with van der Waals surface area (Å²) < 4.78 is 0. The van der Waals surface area contributed by atoms with Crippen molar-refractivity contribution in [1.82, 2.24) is 0 Å². The van der Waals surface area contributed by atoms with Crippen LogP contribution < -0.4 is 0 Å². The number of carboxylic acids is 2. The highest BCUT2D eigenvalue weighted by atomic mass is 16.7. The molecule has 2 rings (SSSR count). The van der Waals surface area contributed by atoms with Gasteiger partial charge in [0.2, 0.25) is 6.42 Å². The number of hydrogen-bond donors (Lipinski definition) is 2. The number of aliphatic carboxylic acids is 2. The van der Waals surface area contributed by atoms with Crippen molar-refractivity contribution in [3.05, 3.63) is 87.8 Å². The minimum absolute atomic E-state index is 0.357. The Balaban J connectivity index is 3.20. The number of benzene rings is 1. The lowest BCUT2D eigenvalue weighted by atomic mass is 9.64. The molecule has 0 unspecified atom stereocenters. The van der Waals surface area contributed by atoms with Crippen LogP contribution in [0.1, 0.15) is 6.42 Å². The largest absolute Gasteiger partial charge is 0.594 e. The summed E-state index contributed by atoms with van der Waals surface area (Å²) in [6.07, 6.45) is -2.85. The molecular formula is C14H10N6O13. The van der Waals surface area contributed by atoms with Gasteiger partial charge in [0.1, 0.15) is 31.5 Å². The van der Waals surface area contributed by atoms with Gasteiger partial charge in [0.25, 0.3) is 5.70 Å². The van der Waals surface area contributed by atoms with Crippen LogP contribution in [0.25, 0.3) is 0 Å². The average molecular weight is 470 g/mol. The van der Waals surface area contributed by atoms with Gasteiger partial charge < -0.3 is 15.4 Å². The summed E-state index contributed by atoms with van der Waals surface area (Å²) in [7, 11) is 0. The number of rotatable bonds is 8. The van der Waals surface area contributed by atoms with Gasteiger partial charge in [-0.25, -0.2) is 9.59 Å². The number of hydroxylamine groups is 1. The Kier molecular flexibility index (Phi) is 5.76. The molecule has 1 aliphatic rings. The molecule has 1 aliphatic carbocycles. The predicted octanol–water partition coefficient (Wildman–Crippen LogP) is 0.223. The molecule has 0 saturated heterocycles. The highest BCUT2D eigenvalue weighted by molar-refractivity contribution is 6.03. The normalized spacial score (nSPS) is 18.4. The summed E-state index contributed by atoms with van der Waals surface area (Å²) in [5, 5.41) is 82.0. The molecule has 0 aromatic heterocycles. The fraction of sp³-hybridized carbons (Fsp3) is 0.286. The second kappa shape index (κ2) is 7.86. The molecule has 33 heavy (non-hydrogen) atoms. The molecule has 0 aliphatic heterocycles. The molecule has 19 heteroatoms. The number of carboxylic acid groups (broad SMARTS) is 2. The molecule has 0 spiro atoms. The molecule has 0 fully saturated rings. The maximum absolute atomic E-state index is 12.7. The Morgan fingerprint density at radius 1 is 0.818 bits per heavy atom. The smallest absolute Gasteiger partial charge is 0.510 e. The Morgan fingerprint density at radius 2 is 1.27 bits per heavy atom. The third-order valence-corrected chi connectivity index (χ3v) is 4.91. The third-order valence-electron chi connectivity index (χ3n) is 4.91. The van der Waals surface area contributed by atoms with Crippen LogP contribution in [0, 0.1) is 51.1 Å². The minimum atomic E-state index is -4.68. The summed E-state index contributed by atoms with van der Waals surface area (Å²) >= 11 is 0. The predicted molar refractivity (Wildman–Crippen MR) is 96.0 cm³/mol. The Labute approximate surface area is 179 Å². The highest BCUT2D eigenvalue weighted by Gasteiger charge is 2.94. The van der Waals surface area contributed by atoms with E-state index in [1.165, 1.54) is 18.2 Å². The zero-order valence-electron chi connectivity index (χ0n) is 15.7. The van der Waals surface area contributed by atoms with Crippen molar-refractivity contribution in [1.29, 1.82) is 0 Å². The second-order valence-corrected chi connectivity index (χ2v) is 6.50. The van der Waals surface area contributed by atoms with Crippen LogP contribution in [0.2, 0.25) is 0 Å². The number of azo groups is 1. The van der Waals surface area contributed by atoms with Crippen LogP contribution in [-0.2, 0) is 9.59 Å². The monoisotopic (exact) mass is 470 g/mol. The maximum atomic E-state index is 12.7. The van der Waals surface area contributed by atoms with Crippen molar-refractivity contribution >= 4 is 17.6 Å². The Hall–Kier alpha value is -5.10. The molecule has 0 amide bonds. The summed E-state index contributed by atoms with van der Waals surface area (Å²) in [5.74, 6) is -5.72. The summed E-state index contributed by atoms with van der Waals surface area (Å²) in [5.41, 5.74) is -15.6. The van der Waals surface area contributed by atoms with Crippen molar-refractivity contribution in [3.63, 3.8) is 0 Å². The topological polar surface area (TPSA) is 286 Å². The molecule has 0 bridgehead atoms. The zero-order valence-corrected chi connectivity index (χ0v) is 15.7. The van der Waals surface area contributed by atoms with E-state index in [1.54, 1.807) is 0 Å². The van der Waals surface area contributed by atoms with Gasteiger partial charge in [-0.15, -0.1) is 0 Å². The number of nitro groups is 4. The van der Waals surface area contributed by atoms with Gasteiger partial charge >= 0.3 is 28.7 Å². The van der Waals surface area contributed by atoms with E-state index in [4.69, 9.17) is 0 Å². The van der Waals surface area contributed by atoms with Crippen LogP contribution in [0.4, 0.5) is 5.69 Å². The number of hydrogen-bond acceptors (Lipinski definition) is 12. The first-order valence-corrected chi connectivity index (χ1v) is 8.24. The summed E-state index contributed by atoms with van der Waals surface area (Å²) in [6.45, 7) is 0. The standard InChI is InChI=1S/C14H10N6O13/c21-10(22)14(11(23)24)9(16(25)15-8-4-2-1-3-5-8)6-12(17(26)27,18(28)29)7-13(14,19(30)31)20(32)33/h1-6H,7H2,(H,21,22)(H,23,24). The molecule has 0 radical (unpaired) electrons. The molecule has 174 valence electrons. The van der Waals surface area contributed by atoms with E-state index >= 15 is 0 Å². The van der Waals surface area contributed by atoms with Gasteiger partial charge in [-0.3, -0.25) is 40.5 Å². The van der Waals surface area contributed by atoms with Gasteiger partial charge in [-0.1, -0.05) is 23.1 Å². The molecule has 0 atom stereocenters. The van der Waals surface area contributed by atoms with Gasteiger partial charge in [-0.05, 0) is 12.1 Å². The molecule has 1 aromatic rings. The summed E-state index contributed by atoms with van der Waals surface area (Å²) in [4.78, 5) is 62.0. The first-order valence-electron chi connectivity index (χ1n) is 8.24. The quantitative estimate of drug-likeness (QED) is 0.128. The maximum Gasteiger partial charge on any atom is 0.510 e. The molecule has 0 saturated carbocycles. The van der Waals surface area contributed by atoms with Crippen molar-refractivity contribution in [2.45, 2.75) is 17.7 Å². The Bertz CT molecular complexity index is 1100. The van der Waals surface area contributed by atoms with E-state index in [-0.39, 0.29) is 11.8 Å². The Morgan fingerprint density at radius 3 is 1.64 bits per heavy atom. The number of carbonyl (C=O) groups is 2. The first-order chi connectivity index (χ1) is 15.2. The van der Waals surface area contributed by atoms with Crippen LogP contribution in [0.3, 0.4) is 0 Å². The van der Waals surface area contributed by atoms with Gasteiger partial charge in [-0.2, -0.15) is 0 Å². The van der Waals surface area contributed by atoms with E-state index in [9.17, 15) is 65.5 Å². The van der Waals surface area contributed by atoms with E-state index in [2.05, 4.69) is 5.11 Å². The van der Waals surface area contributed by atoms with Crippen molar-refractivity contribution < 1.29 is 44.4 Å².